The van der Waals surface area contributed by atoms with Crippen LogP contribution in [0.15, 0.2) is 72.8 Å². The molecule has 0 N–H and O–H groups in total. The first-order valence-electron chi connectivity index (χ1n) is 7.71. The van der Waals surface area contributed by atoms with Crippen LogP contribution in [-0.2, 0) is 0 Å². The van der Waals surface area contributed by atoms with Gasteiger partial charge in [-0.2, -0.15) is 0 Å². The van der Waals surface area contributed by atoms with E-state index >= 15 is 0 Å². The standard InChI is InChI=1S/C22H18/c1-15-5-3-7-19-13-17(9-11-21(15)19)18-10-12-22-16(2)6-4-8-20(22)14-18/h3-14H,1-2H3. The molecule has 106 valence electrons. The van der Waals surface area contributed by atoms with Crippen LogP contribution in [0.2, 0.25) is 0 Å². The average Bonchev–Trinajstić information content (AvgIpc) is 2.55. The van der Waals surface area contributed by atoms with Gasteiger partial charge in [-0.1, -0.05) is 60.7 Å². The van der Waals surface area contributed by atoms with Gasteiger partial charge < -0.3 is 0 Å². The van der Waals surface area contributed by atoms with Gasteiger partial charge >= 0.3 is 0 Å². The summed E-state index contributed by atoms with van der Waals surface area (Å²) in [6.45, 7) is 4.33. The van der Waals surface area contributed by atoms with Crippen LogP contribution in [0.25, 0.3) is 32.7 Å². The Labute approximate surface area is 131 Å². The predicted molar refractivity (Wildman–Crippen MR) is 96.4 cm³/mol. The molecule has 0 nitrogen and oxygen atoms in total. The van der Waals surface area contributed by atoms with E-state index in [1.165, 1.54) is 43.8 Å². The Hall–Kier alpha value is -2.60. The maximum absolute atomic E-state index is 2.29. The molecule has 0 atom stereocenters. The normalized spacial score (nSPS) is 11.2. The second kappa shape index (κ2) is 4.99. The number of aryl methyl sites for hydroxylation is 2. The third-order valence-corrected chi connectivity index (χ3v) is 4.53. The van der Waals surface area contributed by atoms with E-state index in [9.17, 15) is 0 Å². The van der Waals surface area contributed by atoms with Crippen molar-refractivity contribution in [1.82, 2.24) is 0 Å². The molecule has 0 radical (unpaired) electrons. The molecule has 0 amide bonds. The summed E-state index contributed by atoms with van der Waals surface area (Å²) >= 11 is 0. The SMILES string of the molecule is Cc1cccc2cc(-c3ccc4c(C)cccc4c3)ccc12. The van der Waals surface area contributed by atoms with Crippen LogP contribution in [-0.4, -0.2) is 0 Å². The molecule has 0 aliphatic carbocycles. The van der Waals surface area contributed by atoms with Gasteiger partial charge in [-0.15, -0.1) is 0 Å². The van der Waals surface area contributed by atoms with Gasteiger partial charge in [-0.3, -0.25) is 0 Å². The second-order valence-electron chi connectivity index (χ2n) is 6.02. The molecule has 0 aliphatic heterocycles. The first-order chi connectivity index (χ1) is 10.7. The summed E-state index contributed by atoms with van der Waals surface area (Å²) in [5, 5.41) is 5.29. The molecule has 0 aliphatic rings. The molecular formula is C22H18. The smallest absolute Gasteiger partial charge is 0.0154 e. The fourth-order valence-electron chi connectivity index (χ4n) is 3.25. The van der Waals surface area contributed by atoms with Crippen molar-refractivity contribution in [1.29, 1.82) is 0 Å². The van der Waals surface area contributed by atoms with Crippen molar-refractivity contribution < 1.29 is 0 Å². The van der Waals surface area contributed by atoms with Crippen molar-refractivity contribution in [3.8, 4) is 11.1 Å². The highest BCUT2D eigenvalue weighted by Gasteiger charge is 2.03. The Kier molecular flexibility index (Phi) is 2.97. The molecule has 0 heteroatoms. The van der Waals surface area contributed by atoms with Gasteiger partial charge in [0.1, 0.15) is 0 Å². The summed E-state index contributed by atoms with van der Waals surface area (Å²) in [4.78, 5) is 0. The van der Waals surface area contributed by atoms with Gasteiger partial charge in [0.15, 0.2) is 0 Å². The summed E-state index contributed by atoms with van der Waals surface area (Å²) in [5.41, 5.74) is 5.22. The first kappa shape index (κ1) is 13.1. The van der Waals surface area contributed by atoms with Crippen LogP contribution < -0.4 is 0 Å². The fraction of sp³-hybridized carbons (Fsp3) is 0.0909. The largest absolute Gasteiger partial charge is 0.0614 e. The van der Waals surface area contributed by atoms with Crippen molar-refractivity contribution in [3.05, 3.63) is 83.9 Å². The minimum atomic E-state index is 1.28. The van der Waals surface area contributed by atoms with Crippen molar-refractivity contribution in [3.63, 3.8) is 0 Å². The average molecular weight is 282 g/mol. The van der Waals surface area contributed by atoms with E-state index in [0.717, 1.165) is 0 Å². The topological polar surface area (TPSA) is 0 Å². The summed E-state index contributed by atoms with van der Waals surface area (Å²) in [6.07, 6.45) is 0. The van der Waals surface area contributed by atoms with Crippen molar-refractivity contribution in [2.24, 2.45) is 0 Å². The van der Waals surface area contributed by atoms with Gasteiger partial charge in [-0.25, -0.2) is 0 Å². The summed E-state index contributed by atoms with van der Waals surface area (Å²) in [7, 11) is 0. The highest BCUT2D eigenvalue weighted by Crippen LogP contribution is 2.29. The predicted octanol–water partition coefficient (Wildman–Crippen LogP) is 6.28. The molecule has 4 rings (SSSR count). The number of rotatable bonds is 1. The van der Waals surface area contributed by atoms with Crippen LogP contribution in [0, 0.1) is 13.8 Å². The van der Waals surface area contributed by atoms with Crippen LogP contribution in [0.5, 0.6) is 0 Å². The zero-order valence-electron chi connectivity index (χ0n) is 12.9. The van der Waals surface area contributed by atoms with E-state index in [1.54, 1.807) is 0 Å². The molecular weight excluding hydrogens is 264 g/mol. The number of hydrogen-bond donors (Lipinski definition) is 0. The Bertz CT molecular complexity index is 910. The van der Waals surface area contributed by atoms with Crippen LogP contribution in [0.1, 0.15) is 11.1 Å². The lowest BCUT2D eigenvalue weighted by atomic mass is 9.96. The van der Waals surface area contributed by atoms with Crippen molar-refractivity contribution in [2.75, 3.05) is 0 Å². The van der Waals surface area contributed by atoms with E-state index in [2.05, 4.69) is 86.6 Å². The number of fused-ring (bicyclic) bond motifs is 2. The molecule has 0 aromatic heterocycles. The maximum Gasteiger partial charge on any atom is -0.0154 e. The van der Waals surface area contributed by atoms with Crippen LogP contribution >= 0.6 is 0 Å². The quantitative estimate of drug-likeness (QED) is 0.385. The fourth-order valence-corrected chi connectivity index (χ4v) is 3.25. The monoisotopic (exact) mass is 282 g/mol. The Balaban J connectivity index is 1.91. The number of hydrogen-bond acceptors (Lipinski definition) is 0. The van der Waals surface area contributed by atoms with E-state index in [1.807, 2.05) is 0 Å². The third kappa shape index (κ3) is 2.08. The molecule has 4 aromatic rings. The second-order valence-corrected chi connectivity index (χ2v) is 6.02. The minimum Gasteiger partial charge on any atom is -0.0614 e. The molecule has 0 saturated heterocycles. The molecule has 0 fully saturated rings. The van der Waals surface area contributed by atoms with Crippen molar-refractivity contribution >= 4 is 21.5 Å². The zero-order valence-corrected chi connectivity index (χ0v) is 12.9. The molecule has 0 spiro atoms. The highest BCUT2D eigenvalue weighted by atomic mass is 14.1. The van der Waals surface area contributed by atoms with Crippen LogP contribution in [0.3, 0.4) is 0 Å². The lowest BCUT2D eigenvalue weighted by Crippen LogP contribution is -1.83. The lowest BCUT2D eigenvalue weighted by Gasteiger charge is -2.08. The van der Waals surface area contributed by atoms with E-state index in [0.29, 0.717) is 0 Å². The Morgan fingerprint density at radius 1 is 0.500 bits per heavy atom. The maximum atomic E-state index is 2.29. The van der Waals surface area contributed by atoms with Gasteiger partial charge in [0, 0.05) is 0 Å². The molecule has 22 heavy (non-hydrogen) atoms. The molecule has 4 aromatic carbocycles. The Morgan fingerprint density at radius 2 is 0.955 bits per heavy atom. The van der Waals surface area contributed by atoms with E-state index in [-0.39, 0.29) is 0 Å². The molecule has 0 bridgehead atoms. The van der Waals surface area contributed by atoms with Gasteiger partial charge in [0.2, 0.25) is 0 Å². The molecule has 0 saturated carbocycles. The summed E-state index contributed by atoms with van der Waals surface area (Å²) < 4.78 is 0. The van der Waals surface area contributed by atoms with Gasteiger partial charge in [0.25, 0.3) is 0 Å². The highest BCUT2D eigenvalue weighted by molar-refractivity contribution is 5.93. The zero-order chi connectivity index (χ0) is 15.1. The Morgan fingerprint density at radius 3 is 1.41 bits per heavy atom. The summed E-state index contributed by atoms with van der Waals surface area (Å²) in [5.74, 6) is 0. The number of benzene rings is 4. The lowest BCUT2D eigenvalue weighted by molar-refractivity contribution is 1.52. The van der Waals surface area contributed by atoms with Gasteiger partial charge in [0.05, 0.1) is 0 Å². The third-order valence-electron chi connectivity index (χ3n) is 4.53. The van der Waals surface area contributed by atoms with E-state index < -0.39 is 0 Å². The molecule has 0 heterocycles. The van der Waals surface area contributed by atoms with Gasteiger partial charge in [-0.05, 0) is 69.8 Å². The molecule has 0 unspecified atom stereocenters. The van der Waals surface area contributed by atoms with E-state index in [4.69, 9.17) is 0 Å². The first-order valence-corrected chi connectivity index (χ1v) is 7.71. The summed E-state index contributed by atoms with van der Waals surface area (Å²) in [6, 6.07) is 26.5. The van der Waals surface area contributed by atoms with Crippen LogP contribution in [0.4, 0.5) is 0 Å². The van der Waals surface area contributed by atoms with Crippen molar-refractivity contribution in [2.45, 2.75) is 13.8 Å². The minimum absolute atomic E-state index is 1.28.